The maximum atomic E-state index is 5.69. The van der Waals surface area contributed by atoms with Crippen molar-refractivity contribution in [1.82, 2.24) is 0 Å². The summed E-state index contributed by atoms with van der Waals surface area (Å²) in [6.45, 7) is 2.29. The van der Waals surface area contributed by atoms with Crippen molar-refractivity contribution in [2.75, 3.05) is 13.9 Å². The fourth-order valence-corrected chi connectivity index (χ4v) is 2.06. The van der Waals surface area contributed by atoms with Crippen LogP contribution in [0.1, 0.15) is 12.5 Å². The van der Waals surface area contributed by atoms with E-state index in [4.69, 9.17) is 18.9 Å². The van der Waals surface area contributed by atoms with Gasteiger partial charge in [0.25, 0.3) is 0 Å². The summed E-state index contributed by atoms with van der Waals surface area (Å²) in [6, 6.07) is 1.98. The van der Waals surface area contributed by atoms with Gasteiger partial charge in [0, 0.05) is 12.0 Å². The van der Waals surface area contributed by atoms with Crippen LogP contribution in [0, 0.1) is 0 Å². The molecule has 2 aliphatic rings. The molecule has 0 fully saturated rings. The molecule has 80 valence electrons. The van der Waals surface area contributed by atoms with Crippen molar-refractivity contribution >= 4 is 0 Å². The molecule has 4 nitrogen and oxygen atoms in total. The van der Waals surface area contributed by atoms with Crippen molar-refractivity contribution in [1.29, 1.82) is 0 Å². The Hall–Kier alpha value is -1.58. The molecule has 0 amide bonds. The Morgan fingerprint density at radius 2 is 2.20 bits per heavy atom. The zero-order chi connectivity index (χ0) is 10.4. The van der Waals surface area contributed by atoms with E-state index in [-0.39, 0.29) is 12.9 Å². The first-order valence-electron chi connectivity index (χ1n) is 4.95. The Kier molecular flexibility index (Phi) is 1.71. The molecule has 0 radical (unpaired) electrons. The highest BCUT2D eigenvalue weighted by molar-refractivity contribution is 5.64. The van der Waals surface area contributed by atoms with E-state index in [1.807, 2.05) is 13.0 Å². The third-order valence-corrected chi connectivity index (χ3v) is 2.68. The average molecular weight is 208 g/mol. The standard InChI is InChI=1S/C11H12O4/c1-6-3-7-4-8-10(14-5-13-8)11(12-2)9(7)15-6/h4,6H,3,5H2,1-2H3. The van der Waals surface area contributed by atoms with Gasteiger partial charge in [-0.15, -0.1) is 0 Å². The molecule has 0 aliphatic carbocycles. The van der Waals surface area contributed by atoms with Crippen LogP contribution in [0.4, 0.5) is 0 Å². The van der Waals surface area contributed by atoms with Crippen LogP contribution < -0.4 is 18.9 Å². The molecular formula is C11H12O4. The van der Waals surface area contributed by atoms with Crippen LogP contribution in [-0.2, 0) is 6.42 Å². The van der Waals surface area contributed by atoms with Crippen LogP contribution in [0.2, 0.25) is 0 Å². The van der Waals surface area contributed by atoms with Gasteiger partial charge in [-0.2, -0.15) is 0 Å². The molecule has 0 saturated heterocycles. The molecule has 0 aromatic heterocycles. The molecule has 1 atom stereocenters. The van der Waals surface area contributed by atoms with E-state index in [9.17, 15) is 0 Å². The minimum atomic E-state index is 0.191. The van der Waals surface area contributed by atoms with Crippen molar-refractivity contribution in [3.8, 4) is 23.0 Å². The van der Waals surface area contributed by atoms with E-state index >= 15 is 0 Å². The van der Waals surface area contributed by atoms with Crippen LogP contribution in [0.3, 0.4) is 0 Å². The summed E-state index contributed by atoms with van der Waals surface area (Å²) in [5.74, 6) is 2.87. The Morgan fingerprint density at radius 1 is 1.33 bits per heavy atom. The predicted molar refractivity (Wildman–Crippen MR) is 52.9 cm³/mol. The van der Waals surface area contributed by atoms with E-state index in [0.29, 0.717) is 11.5 Å². The summed E-state index contributed by atoms with van der Waals surface area (Å²) in [6.07, 6.45) is 1.08. The van der Waals surface area contributed by atoms with Crippen LogP contribution >= 0.6 is 0 Å². The SMILES string of the molecule is COc1c2c(cc3c1OCO3)CC(C)O2. The summed E-state index contributed by atoms with van der Waals surface area (Å²) in [4.78, 5) is 0. The van der Waals surface area contributed by atoms with Gasteiger partial charge < -0.3 is 18.9 Å². The fraction of sp³-hybridized carbons (Fsp3) is 0.455. The van der Waals surface area contributed by atoms with Crippen molar-refractivity contribution < 1.29 is 18.9 Å². The number of methoxy groups -OCH3 is 1. The maximum Gasteiger partial charge on any atom is 0.231 e. The molecule has 0 saturated carbocycles. The topological polar surface area (TPSA) is 36.9 Å². The average Bonchev–Trinajstić information content (AvgIpc) is 2.78. The van der Waals surface area contributed by atoms with Crippen molar-refractivity contribution in [2.24, 2.45) is 0 Å². The Labute approximate surface area is 87.7 Å². The molecule has 4 heteroatoms. The minimum absolute atomic E-state index is 0.191. The van der Waals surface area contributed by atoms with Crippen molar-refractivity contribution in [3.63, 3.8) is 0 Å². The lowest BCUT2D eigenvalue weighted by atomic mass is 10.1. The summed E-state index contributed by atoms with van der Waals surface area (Å²) >= 11 is 0. The summed E-state index contributed by atoms with van der Waals surface area (Å²) in [7, 11) is 1.62. The monoisotopic (exact) mass is 208 g/mol. The predicted octanol–water partition coefficient (Wildman–Crippen LogP) is 1.75. The molecule has 0 bridgehead atoms. The van der Waals surface area contributed by atoms with E-state index in [1.165, 1.54) is 0 Å². The molecular weight excluding hydrogens is 196 g/mol. The first-order valence-corrected chi connectivity index (χ1v) is 4.95. The minimum Gasteiger partial charge on any atom is -0.490 e. The summed E-state index contributed by atoms with van der Waals surface area (Å²) in [5, 5.41) is 0. The van der Waals surface area contributed by atoms with Crippen LogP contribution in [0.25, 0.3) is 0 Å². The Morgan fingerprint density at radius 3 is 3.00 bits per heavy atom. The second-order valence-electron chi connectivity index (χ2n) is 3.76. The highest BCUT2D eigenvalue weighted by atomic mass is 16.7. The summed E-state index contributed by atoms with van der Waals surface area (Å²) < 4.78 is 21.7. The third-order valence-electron chi connectivity index (χ3n) is 2.68. The maximum absolute atomic E-state index is 5.69. The summed E-state index contributed by atoms with van der Waals surface area (Å²) in [5.41, 5.74) is 1.13. The van der Waals surface area contributed by atoms with Gasteiger partial charge in [0.05, 0.1) is 7.11 Å². The lowest BCUT2D eigenvalue weighted by molar-refractivity contribution is 0.169. The molecule has 0 N–H and O–H groups in total. The molecule has 2 heterocycles. The van der Waals surface area contributed by atoms with E-state index in [2.05, 4.69) is 0 Å². The number of hydrogen-bond donors (Lipinski definition) is 0. The second kappa shape index (κ2) is 2.95. The lowest BCUT2D eigenvalue weighted by Gasteiger charge is -2.10. The van der Waals surface area contributed by atoms with Crippen molar-refractivity contribution in [3.05, 3.63) is 11.6 Å². The number of fused-ring (bicyclic) bond motifs is 2. The quantitative estimate of drug-likeness (QED) is 0.704. The van der Waals surface area contributed by atoms with E-state index in [0.717, 1.165) is 23.5 Å². The van der Waals surface area contributed by atoms with Gasteiger partial charge in [0.2, 0.25) is 18.3 Å². The van der Waals surface area contributed by atoms with Gasteiger partial charge in [0.15, 0.2) is 11.5 Å². The zero-order valence-electron chi connectivity index (χ0n) is 8.70. The normalized spacial score (nSPS) is 21.1. The number of rotatable bonds is 1. The van der Waals surface area contributed by atoms with Gasteiger partial charge in [0.1, 0.15) is 6.10 Å². The van der Waals surface area contributed by atoms with Gasteiger partial charge in [-0.05, 0) is 13.0 Å². The van der Waals surface area contributed by atoms with Crippen LogP contribution in [0.5, 0.6) is 23.0 Å². The second-order valence-corrected chi connectivity index (χ2v) is 3.76. The highest BCUT2D eigenvalue weighted by Gasteiger charge is 2.31. The molecule has 15 heavy (non-hydrogen) atoms. The zero-order valence-corrected chi connectivity index (χ0v) is 8.70. The van der Waals surface area contributed by atoms with Gasteiger partial charge in [-0.25, -0.2) is 0 Å². The molecule has 1 aromatic rings. The molecule has 1 unspecified atom stereocenters. The number of benzene rings is 1. The largest absolute Gasteiger partial charge is 0.490 e. The van der Waals surface area contributed by atoms with Gasteiger partial charge in [-0.1, -0.05) is 0 Å². The molecule has 3 rings (SSSR count). The highest BCUT2D eigenvalue weighted by Crippen LogP contribution is 2.51. The smallest absolute Gasteiger partial charge is 0.231 e. The number of hydrogen-bond acceptors (Lipinski definition) is 4. The van der Waals surface area contributed by atoms with Gasteiger partial charge >= 0.3 is 0 Å². The Balaban J connectivity index is 2.19. The molecule has 2 aliphatic heterocycles. The van der Waals surface area contributed by atoms with Crippen LogP contribution in [-0.4, -0.2) is 20.0 Å². The van der Waals surface area contributed by atoms with E-state index in [1.54, 1.807) is 7.11 Å². The van der Waals surface area contributed by atoms with Gasteiger partial charge in [-0.3, -0.25) is 0 Å². The van der Waals surface area contributed by atoms with E-state index < -0.39 is 0 Å². The first kappa shape index (κ1) is 8.71. The molecule has 0 spiro atoms. The fourth-order valence-electron chi connectivity index (χ4n) is 2.06. The number of ether oxygens (including phenoxy) is 4. The lowest BCUT2D eigenvalue weighted by Crippen LogP contribution is -2.05. The molecule has 1 aromatic carbocycles. The third kappa shape index (κ3) is 1.14. The van der Waals surface area contributed by atoms with Crippen LogP contribution in [0.15, 0.2) is 6.07 Å². The van der Waals surface area contributed by atoms with Crippen molar-refractivity contribution in [2.45, 2.75) is 19.4 Å². The Bertz CT molecular complexity index is 414. The first-order chi connectivity index (χ1) is 7.29.